The molecule has 1 unspecified atom stereocenters. The molecule has 0 aliphatic carbocycles. The Hall–Kier alpha value is -1.46. The monoisotopic (exact) mass is 385 g/mol. The lowest BCUT2D eigenvalue weighted by atomic mass is 10.1. The highest BCUT2D eigenvalue weighted by Gasteiger charge is 2.22. The van der Waals surface area contributed by atoms with Crippen LogP contribution in [0.2, 0.25) is 10.0 Å². The van der Waals surface area contributed by atoms with Gasteiger partial charge in [0.05, 0.1) is 16.6 Å². The third kappa shape index (κ3) is 3.33. The van der Waals surface area contributed by atoms with E-state index >= 15 is 0 Å². The van der Waals surface area contributed by atoms with E-state index in [0.29, 0.717) is 28.1 Å². The highest BCUT2D eigenvalue weighted by molar-refractivity contribution is 6.42. The zero-order valence-electron chi connectivity index (χ0n) is 13.1. The van der Waals surface area contributed by atoms with Crippen molar-refractivity contribution in [2.24, 2.45) is 0 Å². The van der Waals surface area contributed by atoms with Crippen molar-refractivity contribution in [3.63, 3.8) is 0 Å². The van der Waals surface area contributed by atoms with E-state index in [1.807, 2.05) is 40.3 Å². The molecule has 3 aromatic rings. The maximum Gasteiger partial charge on any atom is 0.356 e. The van der Waals surface area contributed by atoms with Crippen LogP contribution in [0.3, 0.4) is 0 Å². The van der Waals surface area contributed by atoms with E-state index in [1.165, 1.54) is 0 Å². The average molecular weight is 387 g/mol. The highest BCUT2D eigenvalue weighted by atomic mass is 35.5. The van der Waals surface area contributed by atoms with Crippen LogP contribution in [0.25, 0.3) is 11.0 Å². The molecule has 128 valence electrons. The number of imidazole rings is 1. The van der Waals surface area contributed by atoms with Crippen molar-refractivity contribution in [3.8, 4) is 0 Å². The van der Waals surface area contributed by atoms with Gasteiger partial charge in [0.2, 0.25) is 0 Å². The lowest BCUT2D eigenvalue weighted by Gasteiger charge is -2.11. The number of para-hydroxylation sites is 2. The first kappa shape index (κ1) is 18.9. The Morgan fingerprint density at radius 1 is 1.17 bits per heavy atom. The molecule has 2 aromatic carbocycles. The molecule has 7 heteroatoms. The smallest absolute Gasteiger partial charge is 0.356 e. The highest BCUT2D eigenvalue weighted by Crippen LogP contribution is 2.26. The van der Waals surface area contributed by atoms with Gasteiger partial charge in [0, 0.05) is 0 Å². The van der Waals surface area contributed by atoms with Gasteiger partial charge in [-0.3, -0.25) is 5.73 Å². The van der Waals surface area contributed by atoms with Gasteiger partial charge in [-0.15, -0.1) is 0 Å². The van der Waals surface area contributed by atoms with Crippen LogP contribution in [0.1, 0.15) is 18.6 Å². The lowest BCUT2D eigenvalue weighted by molar-refractivity contribution is -0.666. The van der Waals surface area contributed by atoms with Crippen molar-refractivity contribution in [1.29, 1.82) is 0 Å². The predicted octanol–water partition coefficient (Wildman–Crippen LogP) is 0.575. The second kappa shape index (κ2) is 7.62. The molecular weight excluding hydrogens is 369 g/mol. The van der Waals surface area contributed by atoms with Crippen molar-refractivity contribution >= 4 is 40.2 Å². The van der Waals surface area contributed by atoms with E-state index in [9.17, 15) is 5.11 Å². The molecule has 0 fully saturated rings. The van der Waals surface area contributed by atoms with E-state index in [-0.39, 0.29) is 12.4 Å². The Morgan fingerprint density at radius 3 is 2.54 bits per heavy atom. The summed E-state index contributed by atoms with van der Waals surface area (Å²) in [4.78, 5) is 0. The third-order valence-electron chi connectivity index (χ3n) is 4.02. The molecule has 24 heavy (non-hydrogen) atoms. The molecule has 0 spiro atoms. The van der Waals surface area contributed by atoms with Crippen LogP contribution in [0, 0.1) is 0 Å². The standard InChI is InChI=1S/C17H17Cl2N3O.ClH/c1-2-21-14-5-3-4-6-15(14)22(17(21)20)10-16(23)11-7-8-12(18)13(19)9-11;/h3-9,16,20,23H,2,10H2,1H3;1H. The largest absolute Gasteiger partial charge is 1.00 e. The first-order valence-corrected chi connectivity index (χ1v) is 8.18. The van der Waals surface area contributed by atoms with Gasteiger partial charge in [-0.25, -0.2) is 9.13 Å². The number of hydrogen-bond donors (Lipinski definition) is 2. The Kier molecular flexibility index (Phi) is 5.99. The minimum atomic E-state index is -0.729. The van der Waals surface area contributed by atoms with Gasteiger partial charge in [-0.1, -0.05) is 41.4 Å². The number of nitrogens with zero attached hydrogens (tertiary/aromatic N) is 2. The van der Waals surface area contributed by atoms with Crippen LogP contribution in [0.4, 0.5) is 5.95 Å². The van der Waals surface area contributed by atoms with Gasteiger partial charge in [0.1, 0.15) is 23.7 Å². The van der Waals surface area contributed by atoms with Crippen molar-refractivity contribution in [2.45, 2.75) is 26.1 Å². The minimum Gasteiger partial charge on any atom is -1.00 e. The molecule has 0 radical (unpaired) electrons. The van der Waals surface area contributed by atoms with E-state index in [4.69, 9.17) is 28.9 Å². The Balaban J connectivity index is 0.00000208. The summed E-state index contributed by atoms with van der Waals surface area (Å²) in [5.74, 6) is 0.618. The lowest BCUT2D eigenvalue weighted by Crippen LogP contribution is -3.00. The number of aliphatic hydroxyl groups is 1. The summed E-state index contributed by atoms with van der Waals surface area (Å²) in [6, 6.07) is 13.1. The number of rotatable bonds is 4. The normalized spacial score (nSPS) is 12.2. The van der Waals surface area contributed by atoms with Crippen LogP contribution >= 0.6 is 23.2 Å². The van der Waals surface area contributed by atoms with Gasteiger partial charge in [0.25, 0.3) is 0 Å². The maximum absolute atomic E-state index is 10.6. The number of fused-ring (bicyclic) bond motifs is 1. The molecular formula is C17H18Cl3N3O. The summed E-state index contributed by atoms with van der Waals surface area (Å²) < 4.78 is 3.95. The summed E-state index contributed by atoms with van der Waals surface area (Å²) in [6.45, 7) is 3.15. The molecule has 0 saturated heterocycles. The number of nitrogens with two attached hydrogens (primary N) is 1. The molecule has 3 rings (SSSR count). The second-order valence-electron chi connectivity index (χ2n) is 5.39. The molecule has 0 aliphatic heterocycles. The maximum atomic E-state index is 10.6. The van der Waals surface area contributed by atoms with E-state index in [2.05, 4.69) is 0 Å². The third-order valence-corrected chi connectivity index (χ3v) is 4.76. The molecule has 4 nitrogen and oxygen atoms in total. The number of nitrogen functional groups attached to an aromatic ring is 1. The van der Waals surface area contributed by atoms with E-state index in [0.717, 1.165) is 17.6 Å². The molecule has 1 heterocycles. The quantitative estimate of drug-likeness (QED) is 0.644. The summed E-state index contributed by atoms with van der Waals surface area (Å²) in [5.41, 5.74) is 9.02. The SMILES string of the molecule is CCn1c(N)[n+](CC(O)c2ccc(Cl)c(Cl)c2)c2ccccc21.[Cl-]. The zero-order chi connectivity index (χ0) is 16.6. The number of aryl methyl sites for hydroxylation is 1. The number of benzene rings is 2. The molecule has 0 saturated carbocycles. The van der Waals surface area contributed by atoms with Crippen molar-refractivity contribution in [1.82, 2.24) is 4.57 Å². The molecule has 3 N–H and O–H groups in total. The summed E-state index contributed by atoms with van der Waals surface area (Å²) in [5, 5.41) is 11.5. The van der Waals surface area contributed by atoms with E-state index in [1.54, 1.807) is 18.2 Å². The van der Waals surface area contributed by atoms with Gasteiger partial charge in [0.15, 0.2) is 0 Å². The molecule has 1 atom stereocenters. The first-order valence-electron chi connectivity index (χ1n) is 7.42. The number of hydrogen-bond acceptors (Lipinski definition) is 2. The van der Waals surface area contributed by atoms with Crippen molar-refractivity contribution < 1.29 is 22.1 Å². The van der Waals surface area contributed by atoms with Crippen LogP contribution in [-0.2, 0) is 13.1 Å². The van der Waals surface area contributed by atoms with Crippen LogP contribution in [-0.4, -0.2) is 9.67 Å². The number of aliphatic hydroxyl groups excluding tert-OH is 1. The molecule has 0 amide bonds. The summed E-state index contributed by atoms with van der Waals surface area (Å²) in [7, 11) is 0. The van der Waals surface area contributed by atoms with Gasteiger partial charge in [-0.2, -0.15) is 0 Å². The summed E-state index contributed by atoms with van der Waals surface area (Å²) >= 11 is 12.0. The number of aromatic nitrogens is 2. The summed E-state index contributed by atoms with van der Waals surface area (Å²) in [6.07, 6.45) is -0.729. The van der Waals surface area contributed by atoms with Gasteiger partial charge >= 0.3 is 5.95 Å². The fourth-order valence-corrected chi connectivity index (χ4v) is 3.14. The molecule has 0 bridgehead atoms. The average Bonchev–Trinajstić information content (AvgIpc) is 2.82. The van der Waals surface area contributed by atoms with Crippen LogP contribution < -0.4 is 22.7 Å². The Bertz CT molecular complexity index is 864. The fraction of sp³-hybridized carbons (Fsp3) is 0.235. The van der Waals surface area contributed by atoms with E-state index < -0.39 is 6.10 Å². The number of halogens is 3. The second-order valence-corrected chi connectivity index (χ2v) is 6.21. The zero-order valence-corrected chi connectivity index (χ0v) is 15.4. The predicted molar refractivity (Wildman–Crippen MR) is 93.6 cm³/mol. The minimum absolute atomic E-state index is 0. The molecule has 0 aliphatic rings. The number of anilines is 1. The topological polar surface area (TPSA) is 55.1 Å². The fourth-order valence-electron chi connectivity index (χ4n) is 2.84. The van der Waals surface area contributed by atoms with Gasteiger partial charge < -0.3 is 17.5 Å². The van der Waals surface area contributed by atoms with Crippen molar-refractivity contribution in [3.05, 3.63) is 58.1 Å². The Labute approximate surface area is 156 Å². The van der Waals surface area contributed by atoms with Gasteiger partial charge in [-0.05, 0) is 36.8 Å². The first-order chi connectivity index (χ1) is 11.0. The molecule has 1 aromatic heterocycles. The van der Waals surface area contributed by atoms with Crippen molar-refractivity contribution in [2.75, 3.05) is 5.73 Å². The van der Waals surface area contributed by atoms with Crippen LogP contribution in [0.5, 0.6) is 0 Å². The Morgan fingerprint density at radius 2 is 1.88 bits per heavy atom. The van der Waals surface area contributed by atoms with Crippen LogP contribution in [0.15, 0.2) is 42.5 Å².